The molecule has 2 heterocycles. The van der Waals surface area contributed by atoms with Crippen LogP contribution in [0.25, 0.3) is 0 Å². The van der Waals surface area contributed by atoms with Crippen molar-refractivity contribution in [3.63, 3.8) is 0 Å². The number of benzene rings is 1. The number of nitrogens with zero attached hydrogens (tertiary/aromatic N) is 3. The first-order chi connectivity index (χ1) is 11.6. The number of hydrogen-bond acceptors (Lipinski definition) is 5. The quantitative estimate of drug-likeness (QED) is 0.878. The molecule has 1 aliphatic rings. The van der Waals surface area contributed by atoms with Crippen molar-refractivity contribution in [3.05, 3.63) is 47.7 Å². The molecule has 0 saturated carbocycles. The smallest absolute Gasteiger partial charge is 0.272 e. The number of likely N-dealkylation sites (N-methyl/N-ethyl adjacent to an activating group) is 1. The Morgan fingerprint density at radius 2 is 2.17 bits per heavy atom. The van der Waals surface area contributed by atoms with Gasteiger partial charge >= 0.3 is 0 Å². The molecule has 0 bridgehead atoms. The highest BCUT2D eigenvalue weighted by Gasteiger charge is 2.37. The molecule has 3 N–H and O–H groups in total. The Morgan fingerprint density at radius 3 is 2.79 bits per heavy atom. The Balaban J connectivity index is 1.94. The first-order valence-electron chi connectivity index (χ1n) is 7.99. The van der Waals surface area contributed by atoms with Crippen LogP contribution in [0.15, 0.2) is 36.4 Å². The molecule has 1 aliphatic heterocycles. The molecule has 0 aliphatic carbocycles. The van der Waals surface area contributed by atoms with Gasteiger partial charge in [0, 0.05) is 19.2 Å². The van der Waals surface area contributed by atoms with Crippen molar-refractivity contribution in [1.29, 1.82) is 0 Å². The highest BCUT2D eigenvalue weighted by atomic mass is 16.5. The molecule has 2 aromatic rings. The van der Waals surface area contributed by atoms with Gasteiger partial charge < -0.3 is 20.3 Å². The summed E-state index contributed by atoms with van der Waals surface area (Å²) in [5, 5.41) is 6.58. The van der Waals surface area contributed by atoms with Gasteiger partial charge in [-0.2, -0.15) is 5.10 Å². The van der Waals surface area contributed by atoms with Crippen molar-refractivity contribution in [2.24, 2.45) is 0 Å². The lowest BCUT2D eigenvalue weighted by molar-refractivity contribution is -0.0686. The Bertz CT molecular complexity index is 685. The molecule has 3 rings (SSSR count). The number of nitrogen functional groups attached to an aromatic ring is 1. The summed E-state index contributed by atoms with van der Waals surface area (Å²) in [6.45, 7) is 1.77. The minimum absolute atomic E-state index is 0.0969. The molecule has 7 heteroatoms. The number of aromatic amines is 1. The van der Waals surface area contributed by atoms with E-state index in [1.807, 2.05) is 49.3 Å². The molecule has 0 spiro atoms. The van der Waals surface area contributed by atoms with Crippen LogP contribution in [0.1, 0.15) is 22.1 Å². The number of ether oxygens (including phenoxy) is 1. The van der Waals surface area contributed by atoms with E-state index in [1.165, 1.54) is 0 Å². The van der Waals surface area contributed by atoms with Gasteiger partial charge in [-0.05, 0) is 19.7 Å². The number of H-pyrrole nitrogens is 1. The van der Waals surface area contributed by atoms with Crippen molar-refractivity contribution >= 4 is 11.7 Å². The second-order valence-electron chi connectivity index (χ2n) is 6.23. The number of nitrogens with two attached hydrogens (primary N) is 1. The SMILES string of the molecule is CN(C)C[C@@H]1OCCN(C(=O)c2cc(N)n[nH]2)[C@H]1c1ccccc1. The molecule has 2 atom stereocenters. The fourth-order valence-corrected chi connectivity index (χ4v) is 3.12. The van der Waals surface area contributed by atoms with E-state index in [0.29, 0.717) is 24.7 Å². The third-order valence-electron chi connectivity index (χ3n) is 4.13. The van der Waals surface area contributed by atoms with Gasteiger partial charge in [0.1, 0.15) is 11.5 Å². The van der Waals surface area contributed by atoms with Gasteiger partial charge in [0.15, 0.2) is 0 Å². The lowest BCUT2D eigenvalue weighted by Gasteiger charge is -2.42. The van der Waals surface area contributed by atoms with E-state index in [-0.39, 0.29) is 18.1 Å². The molecule has 0 radical (unpaired) electrons. The maximum Gasteiger partial charge on any atom is 0.272 e. The predicted octanol–water partition coefficient (Wildman–Crippen LogP) is 1.14. The zero-order valence-corrected chi connectivity index (χ0v) is 14.0. The second-order valence-corrected chi connectivity index (χ2v) is 6.23. The minimum atomic E-state index is -0.153. The summed E-state index contributed by atoms with van der Waals surface area (Å²) in [5.41, 5.74) is 7.10. The van der Waals surface area contributed by atoms with Gasteiger partial charge in [0.25, 0.3) is 5.91 Å². The van der Waals surface area contributed by atoms with Gasteiger partial charge in [0.2, 0.25) is 0 Å². The summed E-state index contributed by atoms with van der Waals surface area (Å²) in [7, 11) is 4.00. The van der Waals surface area contributed by atoms with Crippen LogP contribution in [0.5, 0.6) is 0 Å². The summed E-state index contributed by atoms with van der Waals surface area (Å²) in [5.74, 6) is 0.202. The summed E-state index contributed by atoms with van der Waals surface area (Å²) < 4.78 is 5.99. The number of hydrogen-bond donors (Lipinski definition) is 2. The van der Waals surface area contributed by atoms with Gasteiger partial charge in [-0.1, -0.05) is 30.3 Å². The third-order valence-corrected chi connectivity index (χ3v) is 4.13. The van der Waals surface area contributed by atoms with Gasteiger partial charge in [-0.3, -0.25) is 9.89 Å². The van der Waals surface area contributed by atoms with E-state index < -0.39 is 0 Å². The highest BCUT2D eigenvalue weighted by molar-refractivity contribution is 5.93. The van der Waals surface area contributed by atoms with Crippen molar-refractivity contribution in [2.45, 2.75) is 12.1 Å². The van der Waals surface area contributed by atoms with Crippen LogP contribution in [0, 0.1) is 0 Å². The van der Waals surface area contributed by atoms with E-state index in [4.69, 9.17) is 10.5 Å². The predicted molar refractivity (Wildman–Crippen MR) is 91.5 cm³/mol. The van der Waals surface area contributed by atoms with Gasteiger partial charge in [-0.15, -0.1) is 0 Å². The molecule has 1 fully saturated rings. The topological polar surface area (TPSA) is 87.5 Å². The first kappa shape index (κ1) is 16.5. The van der Waals surface area contributed by atoms with E-state index in [9.17, 15) is 4.79 Å². The molecule has 24 heavy (non-hydrogen) atoms. The molecule has 1 aromatic heterocycles. The van der Waals surface area contributed by atoms with Crippen molar-refractivity contribution in [1.82, 2.24) is 20.0 Å². The zero-order chi connectivity index (χ0) is 17.1. The average Bonchev–Trinajstić information content (AvgIpc) is 3.01. The maximum absolute atomic E-state index is 13.0. The first-order valence-corrected chi connectivity index (χ1v) is 7.99. The van der Waals surface area contributed by atoms with E-state index in [0.717, 1.165) is 12.1 Å². The Kier molecular flexibility index (Phi) is 4.82. The maximum atomic E-state index is 13.0. The monoisotopic (exact) mass is 329 g/mol. The summed E-state index contributed by atoms with van der Waals surface area (Å²) in [4.78, 5) is 16.9. The number of amides is 1. The van der Waals surface area contributed by atoms with E-state index in [2.05, 4.69) is 15.1 Å². The average molecular weight is 329 g/mol. The summed E-state index contributed by atoms with van der Waals surface area (Å²) >= 11 is 0. The molecule has 1 amide bonds. The normalized spacial score (nSPS) is 21.2. The number of anilines is 1. The van der Waals surface area contributed by atoms with Crippen molar-refractivity contribution in [2.75, 3.05) is 39.5 Å². The molecule has 128 valence electrons. The largest absolute Gasteiger partial charge is 0.382 e. The van der Waals surface area contributed by atoms with Crippen LogP contribution in [0.2, 0.25) is 0 Å². The fourth-order valence-electron chi connectivity index (χ4n) is 3.12. The molecule has 1 aromatic carbocycles. The molecule has 7 nitrogen and oxygen atoms in total. The number of nitrogens with one attached hydrogen (secondary N) is 1. The fraction of sp³-hybridized carbons (Fsp3) is 0.412. The Hall–Kier alpha value is -2.38. The van der Waals surface area contributed by atoms with Crippen molar-refractivity contribution in [3.8, 4) is 0 Å². The number of carbonyl (C=O) groups excluding carboxylic acids is 1. The number of aromatic nitrogens is 2. The summed E-state index contributed by atoms with van der Waals surface area (Å²) in [6, 6.07) is 11.4. The van der Waals surface area contributed by atoms with Crippen molar-refractivity contribution < 1.29 is 9.53 Å². The number of morpholine rings is 1. The van der Waals surface area contributed by atoms with E-state index >= 15 is 0 Å². The summed E-state index contributed by atoms with van der Waals surface area (Å²) in [6.07, 6.45) is -0.0969. The minimum Gasteiger partial charge on any atom is -0.382 e. The third kappa shape index (κ3) is 3.42. The number of rotatable bonds is 4. The standard InChI is InChI=1S/C17H23N5O2/c1-21(2)11-14-16(12-6-4-3-5-7-12)22(8-9-24-14)17(23)13-10-15(18)20-19-13/h3-7,10,14,16H,8-9,11H2,1-2H3,(H3,18,19,20)/t14-,16-/m0/s1. The van der Waals surface area contributed by atoms with Crippen LogP contribution in [0.4, 0.5) is 5.82 Å². The van der Waals surface area contributed by atoms with Gasteiger partial charge in [0.05, 0.1) is 18.8 Å². The van der Waals surface area contributed by atoms with Crippen LogP contribution >= 0.6 is 0 Å². The lowest BCUT2D eigenvalue weighted by atomic mass is 9.97. The molecular weight excluding hydrogens is 306 g/mol. The Morgan fingerprint density at radius 1 is 1.42 bits per heavy atom. The second kappa shape index (κ2) is 7.02. The molecule has 1 saturated heterocycles. The lowest BCUT2D eigenvalue weighted by Crippen LogP contribution is -2.51. The molecular formula is C17H23N5O2. The van der Waals surface area contributed by atoms with Gasteiger partial charge in [-0.25, -0.2) is 0 Å². The van der Waals surface area contributed by atoms with E-state index in [1.54, 1.807) is 6.07 Å². The Labute approximate surface area is 141 Å². The van der Waals surface area contributed by atoms with Crippen LogP contribution in [-0.4, -0.2) is 65.8 Å². The van der Waals surface area contributed by atoms with Crippen LogP contribution < -0.4 is 5.73 Å². The number of carbonyl (C=O) groups is 1. The molecule has 0 unspecified atom stereocenters. The highest BCUT2D eigenvalue weighted by Crippen LogP contribution is 2.31. The zero-order valence-electron chi connectivity index (χ0n) is 14.0. The van der Waals surface area contributed by atoms with Crippen LogP contribution in [0.3, 0.4) is 0 Å². The van der Waals surface area contributed by atoms with Crippen LogP contribution in [-0.2, 0) is 4.74 Å².